The van der Waals surface area contributed by atoms with Gasteiger partial charge >= 0.3 is 12.0 Å². The van der Waals surface area contributed by atoms with Gasteiger partial charge in [-0.1, -0.05) is 0 Å². The minimum atomic E-state index is -0.522. The summed E-state index contributed by atoms with van der Waals surface area (Å²) >= 11 is 0. The molecule has 0 bridgehead atoms. The molecule has 0 radical (unpaired) electrons. The maximum absolute atomic E-state index is 11.3. The predicted octanol–water partition coefficient (Wildman–Crippen LogP) is 1.30. The van der Waals surface area contributed by atoms with Crippen molar-refractivity contribution in [2.45, 2.75) is 6.92 Å². The molecule has 1 N–H and O–H groups in total. The number of rotatable bonds is 3. The highest BCUT2D eigenvalue weighted by Crippen LogP contribution is 2.11. The van der Waals surface area contributed by atoms with Crippen LogP contribution in [0.1, 0.15) is 16.2 Å². The van der Waals surface area contributed by atoms with Crippen molar-refractivity contribution >= 4 is 17.9 Å². The zero-order valence-corrected chi connectivity index (χ0v) is 9.30. The Morgan fingerprint density at radius 2 is 2.29 bits per heavy atom. The lowest BCUT2D eigenvalue weighted by Crippen LogP contribution is -2.08. The fourth-order valence-electron chi connectivity index (χ4n) is 1.21. The van der Waals surface area contributed by atoms with E-state index in [4.69, 9.17) is 4.42 Å². The summed E-state index contributed by atoms with van der Waals surface area (Å²) in [5.74, 6) is -0.293. The van der Waals surface area contributed by atoms with Gasteiger partial charge in [0.1, 0.15) is 6.26 Å². The van der Waals surface area contributed by atoms with Crippen molar-refractivity contribution in [3.05, 3.63) is 29.9 Å². The first kappa shape index (κ1) is 11.1. The van der Waals surface area contributed by atoms with Crippen molar-refractivity contribution < 1.29 is 13.9 Å². The Bertz CT molecular complexity index is 524. The van der Waals surface area contributed by atoms with Gasteiger partial charge in [0.15, 0.2) is 5.69 Å². The minimum Gasteiger partial charge on any atom is -0.464 e. The van der Waals surface area contributed by atoms with Crippen LogP contribution >= 0.6 is 0 Å². The number of carbonyl (C=O) groups excluding carboxylic acids is 1. The van der Waals surface area contributed by atoms with E-state index in [0.29, 0.717) is 5.69 Å². The molecule has 2 aromatic rings. The highest BCUT2D eigenvalue weighted by molar-refractivity contribution is 5.87. The summed E-state index contributed by atoms with van der Waals surface area (Å²) in [6.07, 6.45) is 2.90. The molecule has 0 atom stereocenters. The van der Waals surface area contributed by atoms with Gasteiger partial charge in [0.2, 0.25) is 5.95 Å². The van der Waals surface area contributed by atoms with Crippen molar-refractivity contribution in [3.8, 4) is 0 Å². The number of aromatic nitrogens is 3. The summed E-state index contributed by atoms with van der Waals surface area (Å²) in [7, 11) is 1.29. The maximum Gasteiger partial charge on any atom is 0.356 e. The van der Waals surface area contributed by atoms with Crippen LogP contribution in [-0.4, -0.2) is 28.0 Å². The van der Waals surface area contributed by atoms with Crippen LogP contribution in [0.15, 0.2) is 22.9 Å². The monoisotopic (exact) mass is 234 g/mol. The zero-order valence-electron chi connectivity index (χ0n) is 9.30. The van der Waals surface area contributed by atoms with Crippen LogP contribution in [0.2, 0.25) is 0 Å². The first-order valence-electron chi connectivity index (χ1n) is 4.79. The first-order chi connectivity index (χ1) is 8.19. The van der Waals surface area contributed by atoms with Crippen LogP contribution in [0.5, 0.6) is 0 Å². The molecule has 7 heteroatoms. The first-order valence-corrected chi connectivity index (χ1v) is 4.79. The third-order valence-electron chi connectivity index (χ3n) is 1.90. The molecule has 17 heavy (non-hydrogen) atoms. The predicted molar refractivity (Wildman–Crippen MR) is 57.9 cm³/mol. The van der Waals surface area contributed by atoms with Crippen LogP contribution in [-0.2, 0) is 4.74 Å². The van der Waals surface area contributed by atoms with E-state index in [2.05, 4.69) is 25.0 Å². The van der Waals surface area contributed by atoms with Crippen LogP contribution < -0.4 is 5.32 Å². The highest BCUT2D eigenvalue weighted by atomic mass is 16.5. The lowest BCUT2D eigenvalue weighted by atomic mass is 10.3. The fraction of sp³-hybridized carbons (Fsp3) is 0.200. The number of carbonyl (C=O) groups is 1. The number of nitrogens with zero attached hydrogens (tertiary/aromatic N) is 3. The van der Waals surface area contributed by atoms with Crippen LogP contribution in [0, 0.1) is 6.92 Å². The summed E-state index contributed by atoms with van der Waals surface area (Å²) in [6, 6.07) is 1.79. The molecule has 2 heterocycles. The third kappa shape index (κ3) is 2.57. The van der Waals surface area contributed by atoms with Gasteiger partial charge in [-0.2, -0.15) is 0 Å². The van der Waals surface area contributed by atoms with Crippen molar-refractivity contribution in [1.29, 1.82) is 0 Å². The molecule has 0 fully saturated rings. The minimum absolute atomic E-state index is 0.175. The number of hydrogen-bond donors (Lipinski definition) is 1. The number of hydrogen-bond acceptors (Lipinski definition) is 7. The van der Waals surface area contributed by atoms with Gasteiger partial charge in [0.25, 0.3) is 0 Å². The summed E-state index contributed by atoms with van der Waals surface area (Å²) in [5, 5.41) is 2.74. The normalized spacial score (nSPS) is 10.0. The van der Waals surface area contributed by atoms with E-state index in [-0.39, 0.29) is 17.7 Å². The molecular weight excluding hydrogens is 224 g/mol. The van der Waals surface area contributed by atoms with Crippen LogP contribution in [0.4, 0.5) is 12.0 Å². The second-order valence-electron chi connectivity index (χ2n) is 3.17. The third-order valence-corrected chi connectivity index (χ3v) is 1.90. The summed E-state index contributed by atoms with van der Waals surface area (Å²) in [4.78, 5) is 23.3. The summed E-state index contributed by atoms with van der Waals surface area (Å²) < 4.78 is 9.57. The van der Waals surface area contributed by atoms with Gasteiger partial charge in [-0.3, -0.25) is 5.32 Å². The highest BCUT2D eigenvalue weighted by Gasteiger charge is 2.11. The van der Waals surface area contributed by atoms with Gasteiger partial charge in [0, 0.05) is 5.69 Å². The quantitative estimate of drug-likeness (QED) is 0.800. The Morgan fingerprint density at radius 1 is 1.47 bits per heavy atom. The second kappa shape index (κ2) is 4.60. The molecule has 88 valence electrons. The van der Waals surface area contributed by atoms with E-state index in [9.17, 15) is 4.79 Å². The molecule has 0 amide bonds. The Hall–Kier alpha value is -2.44. The smallest absolute Gasteiger partial charge is 0.356 e. The number of ether oxygens (including phenoxy) is 1. The topological polar surface area (TPSA) is 90.1 Å². The van der Waals surface area contributed by atoms with Crippen LogP contribution in [0.25, 0.3) is 0 Å². The number of aryl methyl sites for hydroxylation is 1. The molecule has 7 nitrogen and oxygen atoms in total. The van der Waals surface area contributed by atoms with E-state index < -0.39 is 5.97 Å². The number of anilines is 2. The van der Waals surface area contributed by atoms with Crippen molar-refractivity contribution in [2.75, 3.05) is 12.4 Å². The van der Waals surface area contributed by atoms with Gasteiger partial charge in [-0.25, -0.2) is 19.7 Å². The molecular formula is C10H10N4O3. The maximum atomic E-state index is 11.3. The molecule has 0 saturated carbocycles. The molecule has 2 aromatic heterocycles. The standard InChI is InChI=1S/C10H10N4O3/c1-6-5-7(8(15)16-2)13-9(12-6)14-10-11-3-4-17-10/h3-5H,1-2H3,(H,11,12,13,14). The largest absolute Gasteiger partial charge is 0.464 e. The Kier molecular flexibility index (Phi) is 2.99. The lowest BCUT2D eigenvalue weighted by molar-refractivity contribution is 0.0594. The average molecular weight is 234 g/mol. The molecule has 0 saturated heterocycles. The van der Waals surface area contributed by atoms with Crippen molar-refractivity contribution in [1.82, 2.24) is 15.0 Å². The fourth-order valence-corrected chi connectivity index (χ4v) is 1.21. The number of nitrogens with one attached hydrogen (secondary N) is 1. The summed E-state index contributed by atoms with van der Waals surface area (Å²) in [6.45, 7) is 1.74. The SMILES string of the molecule is COC(=O)c1cc(C)nc(Nc2ncco2)n1. The van der Waals surface area contributed by atoms with E-state index in [1.165, 1.54) is 25.6 Å². The Labute approximate surface area is 96.9 Å². The molecule has 0 aliphatic rings. The second-order valence-corrected chi connectivity index (χ2v) is 3.17. The van der Waals surface area contributed by atoms with Gasteiger partial charge in [-0.05, 0) is 13.0 Å². The number of esters is 1. The molecule has 0 aliphatic heterocycles. The average Bonchev–Trinajstić information content (AvgIpc) is 2.80. The zero-order chi connectivity index (χ0) is 12.3. The van der Waals surface area contributed by atoms with Gasteiger partial charge < -0.3 is 9.15 Å². The van der Waals surface area contributed by atoms with Crippen molar-refractivity contribution in [3.63, 3.8) is 0 Å². The molecule has 0 aliphatic carbocycles. The van der Waals surface area contributed by atoms with E-state index in [1.54, 1.807) is 6.92 Å². The summed E-state index contributed by atoms with van der Waals surface area (Å²) in [5.41, 5.74) is 0.809. The number of oxazole rings is 1. The van der Waals surface area contributed by atoms with E-state index in [1.807, 2.05) is 0 Å². The van der Waals surface area contributed by atoms with Crippen molar-refractivity contribution in [2.24, 2.45) is 0 Å². The van der Waals surface area contributed by atoms with Crippen LogP contribution in [0.3, 0.4) is 0 Å². The number of methoxy groups -OCH3 is 1. The Morgan fingerprint density at radius 3 is 2.94 bits per heavy atom. The molecule has 0 unspecified atom stereocenters. The van der Waals surface area contributed by atoms with E-state index in [0.717, 1.165) is 0 Å². The molecule has 0 aromatic carbocycles. The lowest BCUT2D eigenvalue weighted by Gasteiger charge is -2.04. The molecule has 2 rings (SSSR count). The Balaban J connectivity index is 2.28. The van der Waals surface area contributed by atoms with Gasteiger partial charge in [0.05, 0.1) is 13.3 Å². The molecule has 0 spiro atoms. The van der Waals surface area contributed by atoms with E-state index >= 15 is 0 Å². The van der Waals surface area contributed by atoms with Gasteiger partial charge in [-0.15, -0.1) is 0 Å².